The second-order valence-corrected chi connectivity index (χ2v) is 6.01. The third-order valence-corrected chi connectivity index (χ3v) is 3.91. The normalized spacial score (nSPS) is 10.3. The number of anilines is 1. The summed E-state index contributed by atoms with van der Waals surface area (Å²) in [6, 6.07) is 12.3. The molecule has 2 aromatic heterocycles. The van der Waals surface area contributed by atoms with Gasteiger partial charge >= 0.3 is 0 Å². The Labute approximate surface area is 154 Å². The molecule has 3 aromatic rings. The fraction of sp³-hybridized carbons (Fsp3) is 0.100. The van der Waals surface area contributed by atoms with Gasteiger partial charge in [0.2, 0.25) is 5.56 Å². The third kappa shape index (κ3) is 4.44. The molecule has 2 heterocycles. The van der Waals surface area contributed by atoms with Crippen molar-refractivity contribution in [3.8, 4) is 6.07 Å². The zero-order valence-electron chi connectivity index (χ0n) is 14.4. The van der Waals surface area contributed by atoms with Crippen LogP contribution in [0.4, 0.5) is 10.2 Å². The summed E-state index contributed by atoms with van der Waals surface area (Å²) >= 11 is 0. The minimum Gasteiger partial charge on any atom is -0.318 e. The van der Waals surface area contributed by atoms with Crippen LogP contribution in [0.1, 0.15) is 27.0 Å². The van der Waals surface area contributed by atoms with Gasteiger partial charge in [0.05, 0.1) is 17.2 Å². The van der Waals surface area contributed by atoms with Crippen LogP contribution in [-0.4, -0.2) is 15.5 Å². The molecule has 134 valence electrons. The number of amides is 1. The first-order valence-electron chi connectivity index (χ1n) is 8.07. The molecular formula is C20H15FN4O2. The molecule has 7 heteroatoms. The number of aromatic nitrogens is 2. The monoisotopic (exact) mass is 362 g/mol. The van der Waals surface area contributed by atoms with E-state index in [9.17, 15) is 14.0 Å². The summed E-state index contributed by atoms with van der Waals surface area (Å²) < 4.78 is 14.8. The van der Waals surface area contributed by atoms with E-state index in [1.165, 1.54) is 35.0 Å². The van der Waals surface area contributed by atoms with Gasteiger partial charge in [-0.1, -0.05) is 6.07 Å². The number of nitriles is 1. The van der Waals surface area contributed by atoms with E-state index in [0.717, 1.165) is 5.56 Å². The Hall–Kier alpha value is -3.79. The Kier molecular flexibility index (Phi) is 5.08. The van der Waals surface area contributed by atoms with Crippen LogP contribution in [0.15, 0.2) is 59.7 Å². The van der Waals surface area contributed by atoms with E-state index in [1.807, 2.05) is 6.07 Å². The zero-order chi connectivity index (χ0) is 19.4. The zero-order valence-corrected chi connectivity index (χ0v) is 14.4. The number of benzene rings is 1. The molecule has 0 spiro atoms. The lowest BCUT2D eigenvalue weighted by atomic mass is 10.0. The van der Waals surface area contributed by atoms with E-state index in [1.54, 1.807) is 31.4 Å². The molecule has 1 aromatic carbocycles. The number of nitrogens with zero attached hydrogens (tertiary/aromatic N) is 3. The number of hydrogen-bond acceptors (Lipinski definition) is 4. The van der Waals surface area contributed by atoms with Crippen molar-refractivity contribution in [3.05, 3.63) is 93.3 Å². The van der Waals surface area contributed by atoms with E-state index in [4.69, 9.17) is 5.26 Å². The molecular weight excluding hydrogens is 347 g/mol. The van der Waals surface area contributed by atoms with E-state index in [0.29, 0.717) is 23.4 Å². The summed E-state index contributed by atoms with van der Waals surface area (Å²) in [4.78, 5) is 27.8. The lowest BCUT2D eigenvalue weighted by Gasteiger charge is -2.07. The molecule has 0 unspecified atom stereocenters. The molecule has 0 saturated heterocycles. The molecule has 0 bridgehead atoms. The highest BCUT2D eigenvalue weighted by Gasteiger charge is 2.08. The van der Waals surface area contributed by atoms with Gasteiger partial charge < -0.3 is 9.88 Å². The number of hydrogen-bond donors (Lipinski definition) is 1. The van der Waals surface area contributed by atoms with Gasteiger partial charge in [0.25, 0.3) is 5.91 Å². The maximum atomic E-state index is 13.5. The van der Waals surface area contributed by atoms with Crippen LogP contribution >= 0.6 is 0 Å². The summed E-state index contributed by atoms with van der Waals surface area (Å²) in [7, 11) is 1.57. The van der Waals surface area contributed by atoms with Gasteiger partial charge in [-0.3, -0.25) is 9.59 Å². The minimum atomic E-state index is -0.460. The molecule has 0 aliphatic carbocycles. The summed E-state index contributed by atoms with van der Waals surface area (Å²) in [6.45, 7) is 0. The number of pyridine rings is 2. The fourth-order valence-corrected chi connectivity index (χ4v) is 2.57. The van der Waals surface area contributed by atoms with Crippen molar-refractivity contribution in [2.75, 3.05) is 5.32 Å². The van der Waals surface area contributed by atoms with E-state index in [-0.39, 0.29) is 17.0 Å². The van der Waals surface area contributed by atoms with Gasteiger partial charge in [-0.05, 0) is 47.9 Å². The Morgan fingerprint density at radius 1 is 1.22 bits per heavy atom. The Bertz CT molecular complexity index is 1100. The van der Waals surface area contributed by atoms with Crippen LogP contribution in [-0.2, 0) is 13.5 Å². The predicted octanol–water partition coefficient (Wildman–Crippen LogP) is 2.63. The van der Waals surface area contributed by atoms with Crippen LogP contribution < -0.4 is 10.9 Å². The molecule has 3 rings (SSSR count). The Morgan fingerprint density at radius 2 is 2.04 bits per heavy atom. The predicted molar refractivity (Wildman–Crippen MR) is 97.8 cm³/mol. The quantitative estimate of drug-likeness (QED) is 0.773. The maximum absolute atomic E-state index is 13.5. The SMILES string of the molecule is Cn1cc(C(=O)Nc2ccc(Cc3cc(F)cc(C#N)c3)cn2)ccc1=O. The van der Waals surface area contributed by atoms with Crippen LogP contribution in [0.5, 0.6) is 0 Å². The second-order valence-electron chi connectivity index (χ2n) is 6.01. The molecule has 0 atom stereocenters. The first kappa shape index (κ1) is 18.0. The minimum absolute atomic E-state index is 0.203. The van der Waals surface area contributed by atoms with Crippen LogP contribution in [0.2, 0.25) is 0 Å². The van der Waals surface area contributed by atoms with Gasteiger partial charge in [0.1, 0.15) is 11.6 Å². The molecule has 0 radical (unpaired) electrons. The number of rotatable bonds is 4. The Balaban J connectivity index is 1.71. The van der Waals surface area contributed by atoms with Gasteiger partial charge in [0, 0.05) is 25.5 Å². The molecule has 6 nitrogen and oxygen atoms in total. The molecule has 0 fully saturated rings. The van der Waals surface area contributed by atoms with Crippen molar-refractivity contribution in [3.63, 3.8) is 0 Å². The smallest absolute Gasteiger partial charge is 0.258 e. The van der Waals surface area contributed by atoms with E-state index >= 15 is 0 Å². The van der Waals surface area contributed by atoms with E-state index in [2.05, 4.69) is 10.3 Å². The number of aryl methyl sites for hydroxylation is 1. The highest BCUT2D eigenvalue weighted by Crippen LogP contribution is 2.15. The van der Waals surface area contributed by atoms with Gasteiger partial charge in [-0.15, -0.1) is 0 Å². The molecule has 1 N–H and O–H groups in total. The summed E-state index contributed by atoms with van der Waals surface area (Å²) in [5.41, 5.74) is 1.87. The van der Waals surface area contributed by atoms with Crippen molar-refractivity contribution in [2.24, 2.45) is 7.05 Å². The second kappa shape index (κ2) is 7.62. The fourth-order valence-electron chi connectivity index (χ4n) is 2.57. The lowest BCUT2D eigenvalue weighted by molar-refractivity contribution is 0.102. The first-order chi connectivity index (χ1) is 12.9. The van der Waals surface area contributed by atoms with Crippen molar-refractivity contribution in [1.82, 2.24) is 9.55 Å². The average molecular weight is 362 g/mol. The molecule has 27 heavy (non-hydrogen) atoms. The summed E-state index contributed by atoms with van der Waals surface area (Å²) in [5.74, 6) is -0.484. The average Bonchev–Trinajstić information content (AvgIpc) is 2.65. The first-order valence-corrected chi connectivity index (χ1v) is 8.07. The molecule has 0 aliphatic rings. The van der Waals surface area contributed by atoms with E-state index < -0.39 is 5.82 Å². The standard InChI is InChI=1S/C20H15FN4O2/c1-25-12-16(3-5-19(25)26)20(27)24-18-4-2-13(11-23-18)6-14-7-15(10-22)9-17(21)8-14/h2-5,7-9,11-12H,6H2,1H3,(H,23,24,27). The number of carbonyl (C=O) groups is 1. The molecule has 1 amide bonds. The van der Waals surface area contributed by atoms with Crippen molar-refractivity contribution in [1.29, 1.82) is 5.26 Å². The topological polar surface area (TPSA) is 87.8 Å². The number of nitrogens with one attached hydrogen (secondary N) is 1. The highest BCUT2D eigenvalue weighted by atomic mass is 19.1. The van der Waals surface area contributed by atoms with Crippen molar-refractivity contribution >= 4 is 11.7 Å². The van der Waals surface area contributed by atoms with Gasteiger partial charge in [0.15, 0.2) is 0 Å². The third-order valence-electron chi connectivity index (χ3n) is 3.91. The number of halogens is 1. The summed E-state index contributed by atoms with van der Waals surface area (Å²) in [5, 5.41) is 11.6. The van der Waals surface area contributed by atoms with Gasteiger partial charge in [-0.25, -0.2) is 9.37 Å². The van der Waals surface area contributed by atoms with Crippen molar-refractivity contribution < 1.29 is 9.18 Å². The molecule has 0 aliphatic heterocycles. The lowest BCUT2D eigenvalue weighted by Crippen LogP contribution is -2.19. The van der Waals surface area contributed by atoms with Crippen LogP contribution in [0.3, 0.4) is 0 Å². The number of carbonyl (C=O) groups excluding carboxylic acids is 1. The highest BCUT2D eigenvalue weighted by molar-refractivity contribution is 6.03. The molecule has 0 saturated carbocycles. The van der Waals surface area contributed by atoms with Crippen molar-refractivity contribution in [2.45, 2.75) is 6.42 Å². The summed E-state index contributed by atoms with van der Waals surface area (Å²) in [6.07, 6.45) is 3.44. The van der Waals surface area contributed by atoms with Gasteiger partial charge in [-0.2, -0.15) is 5.26 Å². The van der Waals surface area contributed by atoms with Crippen LogP contribution in [0, 0.1) is 17.1 Å². The maximum Gasteiger partial charge on any atom is 0.258 e. The Morgan fingerprint density at radius 3 is 2.70 bits per heavy atom. The largest absolute Gasteiger partial charge is 0.318 e. The van der Waals surface area contributed by atoms with Crippen LogP contribution in [0.25, 0.3) is 0 Å².